The van der Waals surface area contributed by atoms with Gasteiger partial charge in [-0.3, -0.25) is 0 Å². The van der Waals surface area contributed by atoms with E-state index >= 15 is 0 Å². The average Bonchev–Trinajstić information content (AvgIpc) is 3.10. The molecule has 1 aliphatic rings. The number of likely N-dealkylation sites (N-methyl/N-ethyl adjacent to an activating group) is 1. The molecule has 0 aliphatic carbocycles. The van der Waals surface area contributed by atoms with Crippen LogP contribution in [0.2, 0.25) is 0 Å². The predicted molar refractivity (Wildman–Crippen MR) is 100 cm³/mol. The molecule has 2 N–H and O–H groups in total. The van der Waals surface area contributed by atoms with E-state index in [-0.39, 0.29) is 18.9 Å². The average molecular weight is 355 g/mol. The van der Waals surface area contributed by atoms with Crippen molar-refractivity contribution in [2.24, 2.45) is 0 Å². The summed E-state index contributed by atoms with van der Waals surface area (Å²) in [6.45, 7) is 4.41. The van der Waals surface area contributed by atoms with Gasteiger partial charge >= 0.3 is 6.03 Å². The highest BCUT2D eigenvalue weighted by Crippen LogP contribution is 2.34. The van der Waals surface area contributed by atoms with Gasteiger partial charge in [-0.15, -0.1) is 0 Å². The summed E-state index contributed by atoms with van der Waals surface area (Å²) < 4.78 is 10.7. The van der Waals surface area contributed by atoms with Gasteiger partial charge in [0, 0.05) is 19.6 Å². The zero-order chi connectivity index (χ0) is 18.4. The second-order valence-electron chi connectivity index (χ2n) is 6.46. The van der Waals surface area contributed by atoms with Crippen molar-refractivity contribution in [2.75, 3.05) is 26.9 Å². The topological polar surface area (TPSA) is 62.8 Å². The highest BCUT2D eigenvalue weighted by Gasteiger charge is 2.16. The minimum Gasteiger partial charge on any atom is -0.454 e. The van der Waals surface area contributed by atoms with Crippen LogP contribution in [0.5, 0.6) is 11.5 Å². The zero-order valence-corrected chi connectivity index (χ0v) is 15.2. The highest BCUT2D eigenvalue weighted by molar-refractivity contribution is 5.74. The maximum atomic E-state index is 12.1. The molecule has 138 valence electrons. The third-order valence-corrected chi connectivity index (χ3v) is 4.32. The maximum Gasteiger partial charge on any atom is 0.315 e. The van der Waals surface area contributed by atoms with Gasteiger partial charge in [0.1, 0.15) is 0 Å². The Morgan fingerprint density at radius 3 is 2.73 bits per heavy atom. The Bertz CT molecular complexity index is 736. The van der Waals surface area contributed by atoms with Crippen LogP contribution in [-0.2, 0) is 6.54 Å². The van der Waals surface area contributed by atoms with Gasteiger partial charge in [0.25, 0.3) is 0 Å². The molecule has 0 radical (unpaired) electrons. The number of nitrogens with zero attached hydrogens (tertiary/aromatic N) is 1. The van der Waals surface area contributed by atoms with Gasteiger partial charge < -0.3 is 25.0 Å². The summed E-state index contributed by atoms with van der Waals surface area (Å²) in [5.41, 5.74) is 2.24. The van der Waals surface area contributed by atoms with Crippen LogP contribution >= 0.6 is 0 Å². The van der Waals surface area contributed by atoms with Crippen LogP contribution < -0.4 is 20.1 Å². The van der Waals surface area contributed by atoms with Gasteiger partial charge in [-0.25, -0.2) is 4.79 Å². The number of hydrogen-bond acceptors (Lipinski definition) is 4. The molecule has 0 spiro atoms. The van der Waals surface area contributed by atoms with Crippen molar-refractivity contribution in [3.8, 4) is 11.5 Å². The van der Waals surface area contributed by atoms with Crippen LogP contribution in [0.15, 0.2) is 48.5 Å². The molecule has 1 unspecified atom stereocenters. The number of benzene rings is 2. The van der Waals surface area contributed by atoms with Gasteiger partial charge in [-0.1, -0.05) is 36.4 Å². The summed E-state index contributed by atoms with van der Waals surface area (Å²) in [6.07, 6.45) is 0. The SMILES string of the molecule is CC(NC(=O)NCCN(C)Cc1ccccc1)c1ccc2c(c1)OCO2. The fraction of sp³-hybridized carbons (Fsp3) is 0.350. The quantitative estimate of drug-likeness (QED) is 0.802. The molecule has 0 bridgehead atoms. The minimum absolute atomic E-state index is 0.119. The van der Waals surface area contributed by atoms with E-state index in [1.54, 1.807) is 0 Å². The molecule has 26 heavy (non-hydrogen) atoms. The molecule has 6 heteroatoms. The van der Waals surface area contributed by atoms with Crippen LogP contribution in [0.3, 0.4) is 0 Å². The van der Waals surface area contributed by atoms with E-state index in [9.17, 15) is 4.79 Å². The van der Waals surface area contributed by atoms with Crippen LogP contribution in [-0.4, -0.2) is 37.9 Å². The second-order valence-corrected chi connectivity index (χ2v) is 6.46. The molecular formula is C20H25N3O3. The van der Waals surface area contributed by atoms with Crippen LogP contribution in [0, 0.1) is 0 Å². The fourth-order valence-corrected chi connectivity index (χ4v) is 2.85. The van der Waals surface area contributed by atoms with Gasteiger partial charge in [0.15, 0.2) is 11.5 Å². The molecule has 3 rings (SSSR count). The Labute approximate surface area is 154 Å². The molecule has 1 atom stereocenters. The number of carbonyl (C=O) groups excluding carboxylic acids is 1. The van der Waals surface area contributed by atoms with Crippen molar-refractivity contribution in [1.82, 2.24) is 15.5 Å². The molecule has 1 aliphatic heterocycles. The fourth-order valence-electron chi connectivity index (χ4n) is 2.85. The lowest BCUT2D eigenvalue weighted by molar-refractivity contribution is 0.174. The number of nitrogens with one attached hydrogen (secondary N) is 2. The number of carbonyl (C=O) groups is 1. The number of urea groups is 1. The normalized spacial score (nSPS) is 13.5. The lowest BCUT2D eigenvalue weighted by Crippen LogP contribution is -2.40. The largest absolute Gasteiger partial charge is 0.454 e. The molecule has 2 amide bonds. The Hall–Kier alpha value is -2.73. The second kappa shape index (κ2) is 8.58. The van der Waals surface area contributed by atoms with Gasteiger partial charge in [-0.05, 0) is 37.2 Å². The lowest BCUT2D eigenvalue weighted by atomic mass is 10.1. The highest BCUT2D eigenvalue weighted by atomic mass is 16.7. The Kier molecular flexibility index (Phi) is 5.96. The summed E-state index contributed by atoms with van der Waals surface area (Å²) in [5, 5.41) is 5.85. The molecule has 2 aromatic rings. The standard InChI is InChI=1S/C20H25N3O3/c1-15(17-8-9-18-19(12-17)26-14-25-18)22-20(24)21-10-11-23(2)13-16-6-4-3-5-7-16/h3-9,12,15H,10-11,13-14H2,1-2H3,(H2,21,22,24). The molecule has 0 fully saturated rings. The smallest absolute Gasteiger partial charge is 0.315 e. The third-order valence-electron chi connectivity index (χ3n) is 4.32. The Morgan fingerprint density at radius 2 is 1.92 bits per heavy atom. The van der Waals surface area contributed by atoms with Crippen molar-refractivity contribution in [2.45, 2.75) is 19.5 Å². The van der Waals surface area contributed by atoms with Crippen molar-refractivity contribution < 1.29 is 14.3 Å². The summed E-state index contributed by atoms with van der Waals surface area (Å²) in [4.78, 5) is 14.3. The molecule has 2 aromatic carbocycles. The summed E-state index contributed by atoms with van der Waals surface area (Å²) in [5.74, 6) is 1.46. The van der Waals surface area contributed by atoms with Gasteiger partial charge in [0.2, 0.25) is 6.79 Å². The molecule has 1 heterocycles. The summed E-state index contributed by atoms with van der Waals surface area (Å²) in [6, 6.07) is 15.7. The molecule has 0 saturated carbocycles. The van der Waals surface area contributed by atoms with E-state index in [1.807, 2.05) is 50.4 Å². The van der Waals surface area contributed by atoms with E-state index in [0.29, 0.717) is 6.54 Å². The van der Waals surface area contributed by atoms with Gasteiger partial charge in [-0.2, -0.15) is 0 Å². The Balaban J connectivity index is 1.39. The molecule has 6 nitrogen and oxygen atoms in total. The Morgan fingerprint density at radius 1 is 1.15 bits per heavy atom. The predicted octanol–water partition coefficient (Wildman–Crippen LogP) is 2.91. The number of ether oxygens (including phenoxy) is 2. The maximum absolute atomic E-state index is 12.1. The van der Waals surface area contributed by atoms with Crippen molar-refractivity contribution in [1.29, 1.82) is 0 Å². The first-order valence-electron chi connectivity index (χ1n) is 8.78. The summed E-state index contributed by atoms with van der Waals surface area (Å²) in [7, 11) is 2.04. The number of hydrogen-bond donors (Lipinski definition) is 2. The van der Waals surface area contributed by atoms with Crippen LogP contribution in [0.1, 0.15) is 24.1 Å². The van der Waals surface area contributed by atoms with Gasteiger partial charge in [0.05, 0.1) is 6.04 Å². The molecule has 0 aromatic heterocycles. The summed E-state index contributed by atoms with van der Waals surface area (Å²) >= 11 is 0. The van der Waals surface area contributed by atoms with Crippen molar-refractivity contribution in [3.05, 3.63) is 59.7 Å². The van der Waals surface area contributed by atoms with Crippen molar-refractivity contribution in [3.63, 3.8) is 0 Å². The monoisotopic (exact) mass is 355 g/mol. The van der Waals surface area contributed by atoms with E-state index in [4.69, 9.17) is 9.47 Å². The third kappa shape index (κ3) is 4.89. The number of fused-ring (bicyclic) bond motifs is 1. The van der Waals surface area contributed by atoms with E-state index in [1.165, 1.54) is 5.56 Å². The number of rotatable bonds is 7. The first-order valence-corrected chi connectivity index (χ1v) is 8.78. The lowest BCUT2D eigenvalue weighted by Gasteiger charge is -2.19. The van der Waals surface area contributed by atoms with E-state index < -0.39 is 0 Å². The minimum atomic E-state index is -0.178. The van der Waals surface area contributed by atoms with E-state index in [2.05, 4.69) is 27.7 Å². The molecule has 0 saturated heterocycles. The van der Waals surface area contributed by atoms with E-state index in [0.717, 1.165) is 30.2 Å². The zero-order valence-electron chi connectivity index (χ0n) is 15.2. The molecular weight excluding hydrogens is 330 g/mol. The number of amides is 2. The van der Waals surface area contributed by atoms with Crippen LogP contribution in [0.25, 0.3) is 0 Å². The van der Waals surface area contributed by atoms with Crippen molar-refractivity contribution >= 4 is 6.03 Å². The first kappa shape index (κ1) is 18.1. The first-order chi connectivity index (χ1) is 12.6. The van der Waals surface area contributed by atoms with Crippen LogP contribution in [0.4, 0.5) is 4.79 Å².